The van der Waals surface area contributed by atoms with Gasteiger partial charge in [-0.15, -0.1) is 34.2 Å². The highest BCUT2D eigenvalue weighted by atomic mass is 127. The van der Waals surface area contributed by atoms with E-state index >= 15 is 0 Å². The van der Waals surface area contributed by atoms with Gasteiger partial charge < -0.3 is 19.9 Å². The van der Waals surface area contributed by atoms with Crippen LogP contribution >= 0.6 is 35.7 Å². The zero-order chi connectivity index (χ0) is 19.6. The van der Waals surface area contributed by atoms with Crippen molar-refractivity contribution in [3.63, 3.8) is 0 Å². The molecule has 156 valence electrons. The van der Waals surface area contributed by atoms with E-state index in [1.165, 1.54) is 5.56 Å². The highest BCUT2D eigenvalue weighted by Crippen LogP contribution is 2.11. The van der Waals surface area contributed by atoms with Gasteiger partial charge in [0.15, 0.2) is 11.8 Å². The van der Waals surface area contributed by atoms with Crippen molar-refractivity contribution < 1.29 is 4.74 Å². The van der Waals surface area contributed by atoms with Gasteiger partial charge in [0.25, 0.3) is 0 Å². The third kappa shape index (κ3) is 7.86. The molecule has 0 aliphatic rings. The second kappa shape index (κ2) is 12.9. The van der Waals surface area contributed by atoms with Crippen LogP contribution in [-0.4, -0.2) is 52.4 Å². The highest BCUT2D eigenvalue weighted by Gasteiger charge is 2.06. The number of aromatic nitrogens is 3. The molecule has 2 aromatic rings. The van der Waals surface area contributed by atoms with Crippen molar-refractivity contribution in [3.05, 3.63) is 41.5 Å². The largest absolute Gasteiger partial charge is 0.497 e. The number of rotatable bonds is 9. The van der Waals surface area contributed by atoms with Gasteiger partial charge >= 0.3 is 0 Å². The molecule has 0 saturated carbocycles. The smallest absolute Gasteiger partial charge is 0.191 e. The Labute approximate surface area is 189 Å². The molecular formula is C19H31IN6OS. The fraction of sp³-hybridized carbons (Fsp3) is 0.526. The Kier molecular flexibility index (Phi) is 11.3. The summed E-state index contributed by atoms with van der Waals surface area (Å²) in [5.41, 5.74) is 1.25. The monoisotopic (exact) mass is 518 g/mol. The predicted molar refractivity (Wildman–Crippen MR) is 128 cm³/mol. The maximum absolute atomic E-state index is 5.20. The summed E-state index contributed by atoms with van der Waals surface area (Å²) in [6.45, 7) is 6.27. The van der Waals surface area contributed by atoms with Gasteiger partial charge in [-0.1, -0.05) is 19.1 Å². The number of hydrogen-bond donors (Lipinski definition) is 2. The summed E-state index contributed by atoms with van der Waals surface area (Å²) in [5.74, 6) is 3.41. The van der Waals surface area contributed by atoms with Crippen LogP contribution in [0.5, 0.6) is 5.75 Å². The van der Waals surface area contributed by atoms with Crippen LogP contribution in [0, 0.1) is 6.92 Å². The third-order valence-electron chi connectivity index (χ3n) is 4.39. The van der Waals surface area contributed by atoms with Crippen LogP contribution in [0.4, 0.5) is 0 Å². The molecule has 28 heavy (non-hydrogen) atoms. The van der Waals surface area contributed by atoms with E-state index in [0.29, 0.717) is 11.8 Å². The van der Waals surface area contributed by atoms with Crippen LogP contribution in [0.3, 0.4) is 0 Å². The van der Waals surface area contributed by atoms with Crippen molar-refractivity contribution in [2.45, 2.75) is 32.1 Å². The predicted octanol–water partition coefficient (Wildman–Crippen LogP) is 2.78. The molecule has 1 unspecified atom stereocenters. The lowest BCUT2D eigenvalue weighted by molar-refractivity contribution is 0.414. The normalized spacial score (nSPS) is 12.2. The van der Waals surface area contributed by atoms with Crippen LogP contribution in [0.25, 0.3) is 0 Å². The molecule has 0 radical (unpaired) electrons. The van der Waals surface area contributed by atoms with Gasteiger partial charge in [-0.25, -0.2) is 4.99 Å². The van der Waals surface area contributed by atoms with Gasteiger partial charge in [0.1, 0.15) is 18.1 Å². The third-order valence-corrected chi connectivity index (χ3v) is 5.36. The summed E-state index contributed by atoms with van der Waals surface area (Å²) >= 11 is 1.83. The first kappa shape index (κ1) is 24.5. The SMILES string of the molecule is COc1ccc(CCNC(=NCc2nnc(C)n2C)NCC(C)SC)cc1.I. The number of guanidine groups is 1. The standard InChI is InChI=1S/C19H30N6OS.HI/c1-14(27-5)12-21-19(22-13-18-24-23-15(2)25(18)3)20-11-10-16-6-8-17(26-4)9-7-16;/h6-9,14H,10-13H2,1-5H3,(H2,20,21,22);1H. The van der Waals surface area contributed by atoms with Crippen molar-refractivity contribution >= 4 is 41.7 Å². The van der Waals surface area contributed by atoms with Gasteiger partial charge in [0, 0.05) is 25.4 Å². The van der Waals surface area contributed by atoms with E-state index in [-0.39, 0.29) is 24.0 Å². The molecule has 0 amide bonds. The lowest BCUT2D eigenvalue weighted by atomic mass is 10.1. The average molecular weight is 518 g/mol. The first-order valence-electron chi connectivity index (χ1n) is 9.06. The molecule has 2 N–H and O–H groups in total. The van der Waals surface area contributed by atoms with E-state index < -0.39 is 0 Å². The average Bonchev–Trinajstić information content (AvgIpc) is 3.01. The second-order valence-electron chi connectivity index (χ2n) is 6.34. The number of ether oxygens (including phenoxy) is 1. The second-order valence-corrected chi connectivity index (χ2v) is 7.62. The van der Waals surface area contributed by atoms with Gasteiger partial charge in [0.05, 0.1) is 7.11 Å². The van der Waals surface area contributed by atoms with E-state index in [2.05, 4.69) is 51.1 Å². The van der Waals surface area contributed by atoms with E-state index in [9.17, 15) is 0 Å². The number of nitrogens with one attached hydrogen (secondary N) is 2. The minimum absolute atomic E-state index is 0. The molecule has 0 saturated heterocycles. The number of aliphatic imine (C=N–C) groups is 1. The Bertz CT molecular complexity index is 735. The molecule has 0 fully saturated rings. The summed E-state index contributed by atoms with van der Waals surface area (Å²) < 4.78 is 7.16. The molecule has 1 aromatic carbocycles. The number of benzene rings is 1. The maximum Gasteiger partial charge on any atom is 0.191 e. The number of aryl methyl sites for hydroxylation is 1. The van der Waals surface area contributed by atoms with Crippen molar-refractivity contribution in [1.82, 2.24) is 25.4 Å². The summed E-state index contributed by atoms with van der Waals surface area (Å²) in [6.07, 6.45) is 3.02. The Morgan fingerprint density at radius 1 is 1.25 bits per heavy atom. The molecule has 0 aliphatic carbocycles. The van der Waals surface area contributed by atoms with Gasteiger partial charge in [-0.2, -0.15) is 11.8 Å². The van der Waals surface area contributed by atoms with E-state index in [1.54, 1.807) is 7.11 Å². The molecule has 0 aliphatic heterocycles. The Balaban J connectivity index is 0.00000392. The Morgan fingerprint density at radius 3 is 2.54 bits per heavy atom. The quantitative estimate of drug-likeness (QED) is 0.302. The van der Waals surface area contributed by atoms with Gasteiger partial charge in [0.2, 0.25) is 0 Å². The number of methoxy groups -OCH3 is 1. The Morgan fingerprint density at radius 2 is 1.96 bits per heavy atom. The zero-order valence-corrected chi connectivity index (χ0v) is 20.4. The first-order valence-corrected chi connectivity index (χ1v) is 10.3. The molecule has 1 aromatic heterocycles. The van der Waals surface area contributed by atoms with E-state index in [4.69, 9.17) is 4.74 Å². The number of nitrogens with zero attached hydrogens (tertiary/aromatic N) is 4. The van der Waals surface area contributed by atoms with Gasteiger partial charge in [-0.05, 0) is 37.3 Å². The first-order chi connectivity index (χ1) is 13.0. The molecule has 2 rings (SSSR count). The maximum atomic E-state index is 5.20. The van der Waals surface area contributed by atoms with Crippen LogP contribution in [0.15, 0.2) is 29.3 Å². The molecule has 9 heteroatoms. The summed E-state index contributed by atoms with van der Waals surface area (Å²) in [4.78, 5) is 4.67. The molecule has 1 heterocycles. The van der Waals surface area contributed by atoms with Crippen LogP contribution in [0.2, 0.25) is 0 Å². The minimum atomic E-state index is 0. The summed E-state index contributed by atoms with van der Waals surface area (Å²) in [5, 5.41) is 15.6. The lowest BCUT2D eigenvalue weighted by Gasteiger charge is -2.15. The molecule has 7 nitrogen and oxygen atoms in total. The number of thioether (sulfide) groups is 1. The molecule has 0 bridgehead atoms. The number of hydrogen-bond acceptors (Lipinski definition) is 5. The van der Waals surface area contributed by atoms with E-state index in [0.717, 1.165) is 42.9 Å². The highest BCUT2D eigenvalue weighted by molar-refractivity contribution is 14.0. The lowest BCUT2D eigenvalue weighted by Crippen LogP contribution is -2.41. The van der Waals surface area contributed by atoms with E-state index in [1.807, 2.05) is 42.4 Å². The fourth-order valence-electron chi connectivity index (χ4n) is 2.35. The number of halogens is 1. The van der Waals surface area contributed by atoms with Crippen molar-refractivity contribution in [2.75, 3.05) is 26.5 Å². The summed E-state index contributed by atoms with van der Waals surface area (Å²) in [7, 11) is 3.64. The topological polar surface area (TPSA) is 76.4 Å². The van der Waals surface area contributed by atoms with Crippen molar-refractivity contribution in [3.8, 4) is 5.75 Å². The molecular weight excluding hydrogens is 487 g/mol. The van der Waals surface area contributed by atoms with Crippen molar-refractivity contribution in [2.24, 2.45) is 12.0 Å². The van der Waals surface area contributed by atoms with Crippen LogP contribution in [-0.2, 0) is 20.0 Å². The van der Waals surface area contributed by atoms with Crippen LogP contribution < -0.4 is 15.4 Å². The van der Waals surface area contributed by atoms with Crippen LogP contribution in [0.1, 0.15) is 24.1 Å². The Hall–Kier alpha value is -1.49. The molecule has 1 atom stereocenters. The fourth-order valence-corrected chi connectivity index (χ4v) is 2.60. The summed E-state index contributed by atoms with van der Waals surface area (Å²) in [6, 6.07) is 8.14. The molecule has 0 spiro atoms. The van der Waals surface area contributed by atoms with Gasteiger partial charge in [-0.3, -0.25) is 0 Å². The minimum Gasteiger partial charge on any atom is -0.497 e. The zero-order valence-electron chi connectivity index (χ0n) is 17.2. The van der Waals surface area contributed by atoms with Crippen molar-refractivity contribution in [1.29, 1.82) is 0 Å².